The van der Waals surface area contributed by atoms with Crippen molar-refractivity contribution < 1.29 is 0 Å². The lowest BCUT2D eigenvalue weighted by molar-refractivity contribution is 0.519. The third-order valence-corrected chi connectivity index (χ3v) is 1.56. The lowest BCUT2D eigenvalue weighted by Crippen LogP contribution is -2.05. The maximum atomic E-state index is 3.98. The van der Waals surface area contributed by atoms with Crippen LogP contribution >= 0.6 is 0 Å². The first-order valence-electron chi connectivity index (χ1n) is 4.97. The molecule has 0 fully saturated rings. The van der Waals surface area contributed by atoms with Gasteiger partial charge in [-0.3, -0.25) is 0 Å². The second-order valence-corrected chi connectivity index (χ2v) is 3.66. The number of rotatable bonds is 2. The largest absolute Gasteiger partial charge is 0.0953 e. The second-order valence-electron chi connectivity index (χ2n) is 3.66. The summed E-state index contributed by atoms with van der Waals surface area (Å²) in [6.45, 7) is 16.5. The molecule has 0 amide bonds. The molecule has 0 atom stereocenters. The molecule has 0 heteroatoms. The fourth-order valence-corrected chi connectivity index (χ4v) is 0.533. The Labute approximate surface area is 84.1 Å². The molecular formula is C13H24. The van der Waals surface area contributed by atoms with Gasteiger partial charge >= 0.3 is 0 Å². The molecule has 0 heterocycles. The van der Waals surface area contributed by atoms with Crippen LogP contribution < -0.4 is 0 Å². The Morgan fingerprint density at radius 3 is 1.85 bits per heavy atom. The Balaban J connectivity index is 0. The Morgan fingerprint density at radius 2 is 1.54 bits per heavy atom. The zero-order valence-corrected chi connectivity index (χ0v) is 10.0. The molecule has 0 radical (unpaired) electrons. The van der Waals surface area contributed by atoms with Gasteiger partial charge in [0.25, 0.3) is 0 Å². The van der Waals surface area contributed by atoms with Crippen LogP contribution in [-0.4, -0.2) is 0 Å². The van der Waals surface area contributed by atoms with E-state index in [2.05, 4.69) is 33.4 Å². The van der Waals surface area contributed by atoms with Crippen molar-refractivity contribution in [3.8, 4) is 0 Å². The van der Waals surface area contributed by atoms with Gasteiger partial charge in [-0.2, -0.15) is 0 Å². The van der Waals surface area contributed by atoms with Gasteiger partial charge in [0.05, 0.1) is 0 Å². The lowest BCUT2D eigenvalue weighted by Gasteiger charge is -2.18. The lowest BCUT2D eigenvalue weighted by atomic mass is 9.87. The molecule has 0 aliphatic rings. The van der Waals surface area contributed by atoms with E-state index in [1.807, 2.05) is 39.0 Å². The highest BCUT2D eigenvalue weighted by molar-refractivity contribution is 5.23. The first kappa shape index (κ1) is 14.7. The third-order valence-electron chi connectivity index (χ3n) is 1.56. The Kier molecular flexibility index (Phi) is 8.89. The van der Waals surface area contributed by atoms with Crippen LogP contribution in [0.2, 0.25) is 0 Å². The summed E-state index contributed by atoms with van der Waals surface area (Å²) in [6, 6.07) is 0. The zero-order valence-electron chi connectivity index (χ0n) is 10.0. The van der Waals surface area contributed by atoms with Crippen molar-refractivity contribution >= 4 is 0 Å². The molecule has 0 N–H and O–H groups in total. The molecular weight excluding hydrogens is 156 g/mol. The fraction of sp³-hybridized carbons (Fsp3) is 0.538. The highest BCUT2D eigenvalue weighted by Gasteiger charge is 2.10. The average Bonchev–Trinajstić information content (AvgIpc) is 2.07. The minimum Gasteiger partial charge on any atom is -0.0953 e. The summed E-state index contributed by atoms with van der Waals surface area (Å²) < 4.78 is 0. The van der Waals surface area contributed by atoms with E-state index < -0.39 is 0 Å². The van der Waals surface area contributed by atoms with E-state index >= 15 is 0 Å². The van der Waals surface area contributed by atoms with Crippen LogP contribution in [0.1, 0.15) is 41.5 Å². The SMILES string of the molecule is C=C(/C=C\C=C/C)C(C)(C)C.CC. The fourth-order valence-electron chi connectivity index (χ4n) is 0.533. The molecule has 0 aliphatic heterocycles. The summed E-state index contributed by atoms with van der Waals surface area (Å²) in [4.78, 5) is 0. The van der Waals surface area contributed by atoms with Gasteiger partial charge in [0.15, 0.2) is 0 Å². The molecule has 76 valence electrons. The average molecular weight is 180 g/mol. The predicted octanol–water partition coefficient (Wildman–Crippen LogP) is 4.75. The quantitative estimate of drug-likeness (QED) is 0.538. The second kappa shape index (κ2) is 7.85. The Morgan fingerprint density at radius 1 is 1.08 bits per heavy atom. The van der Waals surface area contributed by atoms with Gasteiger partial charge in [-0.1, -0.05) is 65.5 Å². The summed E-state index contributed by atoms with van der Waals surface area (Å²) in [5, 5.41) is 0. The third kappa shape index (κ3) is 9.13. The van der Waals surface area contributed by atoms with Crippen molar-refractivity contribution in [3.63, 3.8) is 0 Å². The van der Waals surface area contributed by atoms with Crippen LogP contribution in [0.3, 0.4) is 0 Å². The molecule has 0 rings (SSSR count). The number of hydrogen-bond acceptors (Lipinski definition) is 0. The van der Waals surface area contributed by atoms with E-state index in [0.717, 1.165) is 5.57 Å². The van der Waals surface area contributed by atoms with E-state index in [9.17, 15) is 0 Å². The van der Waals surface area contributed by atoms with Crippen molar-refractivity contribution in [2.24, 2.45) is 5.41 Å². The minimum absolute atomic E-state index is 0.193. The maximum Gasteiger partial charge on any atom is -0.0138 e. The van der Waals surface area contributed by atoms with E-state index in [1.165, 1.54) is 0 Å². The highest BCUT2D eigenvalue weighted by atomic mass is 14.2. The Hall–Kier alpha value is -0.780. The summed E-state index contributed by atoms with van der Waals surface area (Å²) in [7, 11) is 0. The minimum atomic E-state index is 0.193. The van der Waals surface area contributed by atoms with Crippen LogP contribution in [-0.2, 0) is 0 Å². The summed E-state index contributed by atoms with van der Waals surface area (Å²) in [6.07, 6.45) is 8.09. The van der Waals surface area contributed by atoms with Crippen molar-refractivity contribution in [2.45, 2.75) is 41.5 Å². The highest BCUT2D eigenvalue weighted by Crippen LogP contribution is 2.23. The standard InChI is InChI=1S/C11H18.C2H6/c1-6-7-8-9-10(2)11(3,4)5;1-2/h6-9H,2H2,1,3-5H3;1-2H3/b7-6-,9-8-;. The van der Waals surface area contributed by atoms with Crippen LogP contribution in [0, 0.1) is 5.41 Å². The van der Waals surface area contributed by atoms with Gasteiger partial charge in [0, 0.05) is 0 Å². The monoisotopic (exact) mass is 180 g/mol. The van der Waals surface area contributed by atoms with Gasteiger partial charge in [-0.05, 0) is 17.9 Å². The molecule has 0 spiro atoms. The van der Waals surface area contributed by atoms with E-state index in [4.69, 9.17) is 0 Å². The smallest absolute Gasteiger partial charge is 0.0138 e. The number of hydrogen-bond donors (Lipinski definition) is 0. The van der Waals surface area contributed by atoms with Crippen molar-refractivity contribution in [1.29, 1.82) is 0 Å². The van der Waals surface area contributed by atoms with Crippen LogP contribution in [0.5, 0.6) is 0 Å². The molecule has 0 saturated heterocycles. The zero-order chi connectivity index (χ0) is 10.9. The van der Waals surface area contributed by atoms with Crippen molar-refractivity contribution in [3.05, 3.63) is 36.5 Å². The molecule has 0 saturated carbocycles. The van der Waals surface area contributed by atoms with Crippen molar-refractivity contribution in [2.75, 3.05) is 0 Å². The van der Waals surface area contributed by atoms with Gasteiger partial charge in [-0.15, -0.1) is 0 Å². The summed E-state index contributed by atoms with van der Waals surface area (Å²) in [5.41, 5.74) is 1.36. The molecule has 0 bridgehead atoms. The first-order chi connectivity index (χ1) is 5.98. The van der Waals surface area contributed by atoms with E-state index in [0.29, 0.717) is 0 Å². The van der Waals surface area contributed by atoms with E-state index in [1.54, 1.807) is 0 Å². The maximum absolute atomic E-state index is 3.98. The molecule has 0 aromatic rings. The summed E-state index contributed by atoms with van der Waals surface area (Å²) >= 11 is 0. The number of allylic oxidation sites excluding steroid dienone is 5. The Bertz CT molecular complexity index is 175. The van der Waals surface area contributed by atoms with Crippen LogP contribution in [0.15, 0.2) is 36.5 Å². The van der Waals surface area contributed by atoms with Gasteiger partial charge < -0.3 is 0 Å². The molecule has 0 aromatic heterocycles. The van der Waals surface area contributed by atoms with Crippen LogP contribution in [0.4, 0.5) is 0 Å². The molecule has 13 heavy (non-hydrogen) atoms. The van der Waals surface area contributed by atoms with Crippen LogP contribution in [0.25, 0.3) is 0 Å². The topological polar surface area (TPSA) is 0 Å². The van der Waals surface area contributed by atoms with Gasteiger partial charge in [-0.25, -0.2) is 0 Å². The van der Waals surface area contributed by atoms with Gasteiger partial charge in [0.2, 0.25) is 0 Å². The normalized spacial score (nSPS) is 11.5. The predicted molar refractivity (Wildman–Crippen MR) is 63.9 cm³/mol. The molecule has 0 aromatic carbocycles. The molecule has 0 aliphatic carbocycles. The van der Waals surface area contributed by atoms with Crippen molar-refractivity contribution in [1.82, 2.24) is 0 Å². The van der Waals surface area contributed by atoms with Gasteiger partial charge in [0.1, 0.15) is 0 Å². The summed E-state index contributed by atoms with van der Waals surface area (Å²) in [5.74, 6) is 0. The van der Waals surface area contributed by atoms with E-state index in [-0.39, 0.29) is 5.41 Å². The molecule has 0 nitrogen and oxygen atoms in total. The molecule has 0 unspecified atom stereocenters. The first-order valence-corrected chi connectivity index (χ1v) is 4.97.